The summed E-state index contributed by atoms with van der Waals surface area (Å²) in [5.74, 6) is -1.17. The summed E-state index contributed by atoms with van der Waals surface area (Å²) in [5.41, 5.74) is 8.54. The average molecular weight is 831 g/mol. The van der Waals surface area contributed by atoms with Crippen molar-refractivity contribution >= 4 is 51.5 Å². The lowest BCUT2D eigenvalue weighted by atomic mass is 9.93. The van der Waals surface area contributed by atoms with E-state index in [1.54, 1.807) is 21.8 Å². The van der Waals surface area contributed by atoms with Crippen LogP contribution < -0.4 is 26.2 Å². The van der Waals surface area contributed by atoms with Crippen LogP contribution in [0.4, 0.5) is 30.4 Å². The maximum atomic E-state index is 14.3. The Morgan fingerprint density at radius 2 is 1.75 bits per heavy atom. The Labute approximate surface area is 343 Å². The molecule has 0 spiro atoms. The summed E-state index contributed by atoms with van der Waals surface area (Å²) in [6, 6.07) is 7.49. The summed E-state index contributed by atoms with van der Waals surface area (Å²) in [6.07, 6.45) is 2.94. The van der Waals surface area contributed by atoms with Crippen LogP contribution in [-0.4, -0.2) is 139 Å². The number of hydrogen-bond donors (Lipinski definition) is 3. The molecule has 60 heavy (non-hydrogen) atoms. The molecule has 1 unspecified atom stereocenters. The second-order valence-corrected chi connectivity index (χ2v) is 16.4. The minimum atomic E-state index is -2.90. The molecule has 9 rings (SSSR count). The number of amides is 3. The van der Waals surface area contributed by atoms with Gasteiger partial charge in [0.25, 0.3) is 12.3 Å². The first-order chi connectivity index (χ1) is 29.0. The maximum Gasteiger partial charge on any atom is 0.284 e. The molecule has 4 aliphatic heterocycles. The van der Waals surface area contributed by atoms with E-state index in [1.807, 2.05) is 17.8 Å². The van der Waals surface area contributed by atoms with E-state index < -0.39 is 30.1 Å². The monoisotopic (exact) mass is 830 g/mol. The molecule has 0 saturated carbocycles. The lowest BCUT2D eigenvalue weighted by Crippen LogP contribution is -2.49. The van der Waals surface area contributed by atoms with Crippen LogP contribution >= 0.6 is 0 Å². The quantitative estimate of drug-likeness (QED) is 0.176. The van der Waals surface area contributed by atoms with Crippen LogP contribution in [0.2, 0.25) is 0 Å². The predicted molar refractivity (Wildman–Crippen MR) is 217 cm³/mol. The molecule has 17 nitrogen and oxygen atoms in total. The van der Waals surface area contributed by atoms with Crippen molar-refractivity contribution in [2.45, 2.75) is 62.7 Å². The molecule has 20 heteroatoms. The molecule has 0 bridgehead atoms. The van der Waals surface area contributed by atoms with Crippen molar-refractivity contribution in [2.75, 3.05) is 80.6 Å². The Kier molecular flexibility index (Phi) is 10.9. The Morgan fingerprint density at radius 3 is 2.48 bits per heavy atom. The fraction of sp³-hybridized carbons (Fsp3) is 0.525. The van der Waals surface area contributed by atoms with E-state index in [0.717, 1.165) is 81.8 Å². The molecule has 5 aromatic rings. The van der Waals surface area contributed by atoms with E-state index in [2.05, 4.69) is 57.7 Å². The maximum absolute atomic E-state index is 14.3. The third-order valence-corrected chi connectivity index (χ3v) is 12.4. The van der Waals surface area contributed by atoms with Crippen LogP contribution in [0.5, 0.6) is 0 Å². The summed E-state index contributed by atoms with van der Waals surface area (Å²) in [6.45, 7) is 7.53. The minimum absolute atomic E-state index is 0.0634. The third kappa shape index (κ3) is 8.02. The van der Waals surface area contributed by atoms with Gasteiger partial charge in [-0.15, -0.1) is 0 Å². The number of benzene rings is 1. The van der Waals surface area contributed by atoms with E-state index >= 15 is 0 Å². The van der Waals surface area contributed by atoms with Crippen molar-refractivity contribution in [3.8, 4) is 0 Å². The van der Waals surface area contributed by atoms with Gasteiger partial charge in [0.2, 0.25) is 11.8 Å². The topological polar surface area (TPSA) is 180 Å². The number of likely N-dealkylation sites (tertiary alicyclic amines) is 1. The molecule has 4 aliphatic rings. The first-order valence-corrected chi connectivity index (χ1v) is 20.6. The highest BCUT2D eigenvalue weighted by Gasteiger charge is 2.33. The van der Waals surface area contributed by atoms with Gasteiger partial charge < -0.3 is 25.8 Å². The summed E-state index contributed by atoms with van der Waals surface area (Å²) < 4.78 is 47.6. The SMILES string of the molecule is Cn1nc(C2CCC(=O)NC2=O)c2ccc(N3CCN(CCN4CCC(n5cc(NC(=O)c6cnn7ccc(N8C[C@H](N)C[C@@H](F)C8)nc67)c(C(F)F)n5)CC4)CC3)cc21. The summed E-state index contributed by atoms with van der Waals surface area (Å²) in [4.78, 5) is 51.3. The number of alkyl halides is 3. The average Bonchev–Trinajstić information content (AvgIpc) is 3.95. The summed E-state index contributed by atoms with van der Waals surface area (Å²) >= 11 is 0. The molecule has 3 amide bonds. The fourth-order valence-corrected chi connectivity index (χ4v) is 9.10. The Hall–Kier alpha value is -5.60. The standard InChI is InChI=1S/C40H49F3N14O3/c1-51-32-19-27(2-3-28(32)35(49-51)29-4-5-34(58)48-39(29)59)54-16-14-53(15-17-54)13-12-52-9-6-26(7-10-52)57-23-31(36(50-57)37(42)43)46-40(60)30-20-45-56-11-8-33(47-38(30)56)55-21-24(41)18-25(44)22-55/h2-3,8,11,19-20,23-26,29,37H,4-7,9-10,12-18,21-22,44H2,1H3,(H,46,60)(H,48,58,59)/t24-,25-,29?/m1/s1. The van der Waals surface area contributed by atoms with Gasteiger partial charge in [-0.25, -0.2) is 22.7 Å². The molecule has 4 aromatic heterocycles. The summed E-state index contributed by atoms with van der Waals surface area (Å²) in [7, 11) is 1.88. The largest absolute Gasteiger partial charge is 0.369 e. The second kappa shape index (κ2) is 16.5. The number of nitrogens with zero attached hydrogens (tertiary/aromatic N) is 11. The molecule has 4 N–H and O–H groups in total. The Morgan fingerprint density at radius 1 is 0.983 bits per heavy atom. The van der Waals surface area contributed by atoms with Gasteiger partial charge >= 0.3 is 0 Å². The van der Waals surface area contributed by atoms with Gasteiger partial charge in [0.05, 0.1) is 41.6 Å². The van der Waals surface area contributed by atoms with Crippen molar-refractivity contribution in [1.29, 1.82) is 0 Å². The number of aromatic nitrogens is 7. The zero-order valence-corrected chi connectivity index (χ0v) is 33.4. The van der Waals surface area contributed by atoms with Crippen LogP contribution in [0, 0.1) is 0 Å². The molecule has 8 heterocycles. The number of halogens is 3. The molecular formula is C40H49F3N14O3. The molecule has 3 atom stereocenters. The number of fused-ring (bicyclic) bond motifs is 2. The van der Waals surface area contributed by atoms with Gasteiger partial charge in [-0.1, -0.05) is 0 Å². The van der Waals surface area contributed by atoms with Gasteiger partial charge in [-0.3, -0.25) is 34.0 Å². The first-order valence-electron chi connectivity index (χ1n) is 20.6. The number of nitrogens with two attached hydrogens (primary N) is 1. The van der Waals surface area contributed by atoms with E-state index in [0.29, 0.717) is 30.9 Å². The number of piperazine rings is 1. The smallest absolute Gasteiger partial charge is 0.284 e. The van der Waals surface area contributed by atoms with Crippen LogP contribution in [0.15, 0.2) is 42.9 Å². The Balaban J connectivity index is 0.768. The van der Waals surface area contributed by atoms with Crippen LogP contribution in [-0.2, 0) is 16.6 Å². The number of carbonyl (C=O) groups excluding carboxylic acids is 3. The zero-order chi connectivity index (χ0) is 41.7. The van der Waals surface area contributed by atoms with Crippen LogP contribution in [0.25, 0.3) is 16.6 Å². The van der Waals surface area contributed by atoms with Crippen molar-refractivity contribution < 1.29 is 27.6 Å². The Bertz CT molecular complexity index is 2390. The highest BCUT2D eigenvalue weighted by atomic mass is 19.3. The van der Waals surface area contributed by atoms with Crippen molar-refractivity contribution in [3.63, 3.8) is 0 Å². The number of rotatable bonds is 10. The van der Waals surface area contributed by atoms with Gasteiger partial charge in [-0.05, 0) is 49.9 Å². The lowest BCUT2D eigenvalue weighted by Gasteiger charge is -2.38. The van der Waals surface area contributed by atoms with E-state index in [1.165, 1.54) is 16.9 Å². The van der Waals surface area contributed by atoms with E-state index in [4.69, 9.17) is 5.73 Å². The van der Waals surface area contributed by atoms with Gasteiger partial charge in [0.15, 0.2) is 11.3 Å². The zero-order valence-electron chi connectivity index (χ0n) is 33.4. The third-order valence-electron chi connectivity index (χ3n) is 12.4. The van der Waals surface area contributed by atoms with Crippen molar-refractivity contribution in [3.05, 3.63) is 59.8 Å². The number of imide groups is 1. The molecule has 4 fully saturated rings. The molecule has 318 valence electrons. The number of anilines is 3. The lowest BCUT2D eigenvalue weighted by molar-refractivity contribution is -0.134. The number of hydrogen-bond acceptors (Lipinski definition) is 12. The van der Waals surface area contributed by atoms with E-state index in [9.17, 15) is 27.6 Å². The van der Waals surface area contributed by atoms with Crippen molar-refractivity contribution in [2.24, 2.45) is 12.8 Å². The predicted octanol–water partition coefficient (Wildman–Crippen LogP) is 2.86. The molecule has 0 radical (unpaired) electrons. The van der Waals surface area contributed by atoms with Crippen molar-refractivity contribution in [1.82, 2.24) is 49.3 Å². The minimum Gasteiger partial charge on any atom is -0.369 e. The number of carbonyl (C=O) groups is 3. The molecule has 4 saturated heterocycles. The number of aryl methyl sites for hydroxylation is 1. The van der Waals surface area contributed by atoms with Gasteiger partial charge in [0.1, 0.15) is 17.6 Å². The van der Waals surface area contributed by atoms with Gasteiger partial charge in [-0.2, -0.15) is 15.3 Å². The summed E-state index contributed by atoms with van der Waals surface area (Å²) in [5, 5.41) is 19.1. The normalized spacial score (nSPS) is 22.7. The highest BCUT2D eigenvalue weighted by molar-refractivity contribution is 6.08. The number of nitrogens with one attached hydrogen (secondary N) is 2. The second-order valence-electron chi connectivity index (χ2n) is 16.4. The number of piperidine rings is 3. The molecule has 1 aromatic carbocycles. The molecule has 0 aliphatic carbocycles. The fourth-order valence-electron chi connectivity index (χ4n) is 9.10. The van der Waals surface area contributed by atoms with Crippen LogP contribution in [0.1, 0.15) is 72.2 Å². The first kappa shape index (κ1) is 39.8. The van der Waals surface area contributed by atoms with E-state index in [-0.39, 0.29) is 53.8 Å². The highest BCUT2D eigenvalue weighted by Crippen LogP contribution is 2.34. The van der Waals surface area contributed by atoms with Crippen LogP contribution in [0.3, 0.4) is 0 Å². The molecular weight excluding hydrogens is 782 g/mol. The van der Waals surface area contributed by atoms with Gasteiger partial charge in [0, 0.05) is 102 Å².